The van der Waals surface area contributed by atoms with Gasteiger partial charge in [-0.3, -0.25) is 54.1 Å². The molecule has 28 heteroatoms. The van der Waals surface area contributed by atoms with E-state index in [9.17, 15) is 36.7 Å². The molecule has 4 saturated heterocycles. The monoisotopic (exact) mass is 1670 g/mol. The van der Waals surface area contributed by atoms with E-state index in [1.807, 2.05) is 148 Å². The van der Waals surface area contributed by atoms with Gasteiger partial charge in [0.2, 0.25) is 0 Å². The zero-order valence-electron chi connectivity index (χ0n) is 70.2. The van der Waals surface area contributed by atoms with Gasteiger partial charge in [-0.05, 0) is 273 Å². The normalized spacial score (nSPS) is 22.0. The Labute approximate surface area is 716 Å². The number of halogens is 4. The standard InChI is InChI=1S/4C24H24FN5O/c1-14-5-8-21(27-12-14)29-19-10-16-11-20(19)30(13-16)24(31)17-7-6-15(2)28-22(17)23-18(25)4-3-9-26-23;1-14-5-8-21(27-12-14)29-19-10-16-11-20(19)30(13-16)24(31)23-17(7-6-15(2)28-23)22-18(25)4-3-9-26-22;1-14-5-6-20(28-12-14)29-18-10-16-11-19(18)30(13-16)24(31)23-21(15(2)7-9-27-23)22-17(25)4-3-8-26-22;1-14-5-6-21(27-11-14)29-19-9-16-10-20(19)30(13-16)24(31)17-8-15(2)12-28-22(17)23-18(25)4-3-7-26-23/h2*3-9,12,16,19-20H,10-11,13H2,1-2H3,(H,27,29);3-9,12,16,18-19H,10-11,13H2,1-2H3,(H,28,29);3-8,11-12,16,19-20H,9-10,13H2,1-2H3,(H,27,29). The van der Waals surface area contributed by atoms with Crippen molar-refractivity contribution in [3.8, 4) is 45.3 Å². The molecule has 20 rings (SSSR count). The summed E-state index contributed by atoms with van der Waals surface area (Å²) in [6.07, 6.45) is 24.5. The van der Waals surface area contributed by atoms with Gasteiger partial charge in [-0.15, -0.1) is 0 Å². The van der Waals surface area contributed by atoms with E-state index >= 15 is 0 Å². The van der Waals surface area contributed by atoms with Crippen molar-refractivity contribution in [2.45, 2.75) is 155 Å². The second kappa shape index (κ2) is 35.6. The van der Waals surface area contributed by atoms with Crippen LogP contribution in [0.4, 0.5) is 40.8 Å². The zero-order chi connectivity index (χ0) is 86.1. The summed E-state index contributed by atoms with van der Waals surface area (Å²) in [6, 6.07) is 39.0. The van der Waals surface area contributed by atoms with Crippen molar-refractivity contribution in [3.63, 3.8) is 0 Å². The first kappa shape index (κ1) is 82.9. The van der Waals surface area contributed by atoms with Crippen molar-refractivity contribution in [1.29, 1.82) is 0 Å². The number of pyridine rings is 12. The summed E-state index contributed by atoms with van der Waals surface area (Å²) in [4.78, 5) is 114. The van der Waals surface area contributed by atoms with Gasteiger partial charge in [0, 0.05) is 135 Å². The van der Waals surface area contributed by atoms with Gasteiger partial charge in [-0.1, -0.05) is 24.3 Å². The Morgan fingerprint density at radius 2 is 0.677 bits per heavy atom. The van der Waals surface area contributed by atoms with Gasteiger partial charge in [0.05, 0.1) is 35.3 Å². The summed E-state index contributed by atoms with van der Waals surface area (Å²) in [7, 11) is 0. The summed E-state index contributed by atoms with van der Waals surface area (Å²) in [5.41, 5.74) is 10.8. The lowest BCUT2D eigenvalue weighted by Gasteiger charge is -2.34. The van der Waals surface area contributed by atoms with Crippen LogP contribution in [0.3, 0.4) is 0 Å². The molecule has 12 aromatic heterocycles. The molecule has 8 bridgehead atoms. The van der Waals surface area contributed by atoms with Crippen LogP contribution in [0.1, 0.15) is 138 Å². The minimum absolute atomic E-state index is 0.0596. The largest absolute Gasteiger partial charge is 0.365 e. The third kappa shape index (κ3) is 17.6. The number of anilines is 4. The number of nitrogens with zero attached hydrogens (tertiary/aromatic N) is 16. The molecule has 124 heavy (non-hydrogen) atoms. The minimum atomic E-state index is -0.485. The molecule has 0 radical (unpaired) electrons. The van der Waals surface area contributed by atoms with Crippen molar-refractivity contribution in [2.75, 3.05) is 47.4 Å². The SMILES string of the molecule is Cc1ccc(NC2CC3CC2N(C(=O)c2cc(C)cnc2-c2ncccc2F)C3)nc1.Cc1ccc(NC2CC3CC2N(C(=O)c2ccc(C)nc2-c2ncccc2F)C3)nc1.Cc1ccc(NC2CC3CC2N(C(=O)c2nc(C)ccc2-c2ncccc2F)C3)nc1.Cc1ccc(NC2CC3CC2N(C(=O)c2nccc(C)c2-c2ncccc2F)C3)nc1. The molecule has 0 aromatic carbocycles. The fourth-order valence-corrected chi connectivity index (χ4v) is 19.2. The van der Waals surface area contributed by atoms with Crippen LogP contribution in [0.5, 0.6) is 0 Å². The van der Waals surface area contributed by atoms with Crippen LogP contribution in [0.15, 0.2) is 195 Å². The Morgan fingerprint density at radius 3 is 1.08 bits per heavy atom. The highest BCUT2D eigenvalue weighted by Gasteiger charge is 2.52. The molecule has 16 heterocycles. The highest BCUT2D eigenvalue weighted by Crippen LogP contribution is 2.46. The third-order valence-electron chi connectivity index (χ3n) is 25.0. The molecule has 4 saturated carbocycles. The summed E-state index contributed by atoms with van der Waals surface area (Å²) >= 11 is 0. The highest BCUT2D eigenvalue weighted by molar-refractivity contribution is 6.02. The smallest absolute Gasteiger partial charge is 0.273 e. The molecule has 12 atom stereocenters. The van der Waals surface area contributed by atoms with Crippen LogP contribution in [0.2, 0.25) is 0 Å². The molecule has 12 aromatic rings. The van der Waals surface area contributed by atoms with E-state index in [-0.39, 0.29) is 106 Å². The Hall–Kier alpha value is -13.4. The van der Waals surface area contributed by atoms with Crippen LogP contribution in [0.25, 0.3) is 45.3 Å². The van der Waals surface area contributed by atoms with Crippen molar-refractivity contribution >= 4 is 46.9 Å². The minimum Gasteiger partial charge on any atom is -0.365 e. The first-order chi connectivity index (χ1) is 60.0. The number of aromatic nitrogens is 12. The molecule has 4 aliphatic heterocycles. The maximum Gasteiger partial charge on any atom is 0.273 e. The molecular formula is C96H96F4N20O4. The topological polar surface area (TPSA) is 284 Å². The molecule has 0 spiro atoms. The number of nitrogens with one attached hydrogen (secondary N) is 4. The number of likely N-dealkylation sites (tertiary alicyclic amines) is 4. The number of carbonyl (C=O) groups excluding carboxylic acids is 4. The number of carbonyl (C=O) groups is 4. The number of hydrogen-bond donors (Lipinski definition) is 4. The molecule has 8 aliphatic rings. The van der Waals surface area contributed by atoms with Crippen LogP contribution < -0.4 is 21.3 Å². The number of piperidine rings is 4. The van der Waals surface area contributed by atoms with Crippen molar-refractivity contribution in [3.05, 3.63) is 286 Å². The lowest BCUT2D eigenvalue weighted by Crippen LogP contribution is -2.48. The van der Waals surface area contributed by atoms with Crippen LogP contribution in [-0.4, -0.2) is 178 Å². The van der Waals surface area contributed by atoms with Gasteiger partial charge in [0.25, 0.3) is 23.6 Å². The molecule has 12 unspecified atom stereocenters. The van der Waals surface area contributed by atoms with E-state index in [2.05, 4.69) is 81.1 Å². The number of hydrogen-bond acceptors (Lipinski definition) is 20. The first-order valence-electron chi connectivity index (χ1n) is 42.3. The van der Waals surface area contributed by atoms with E-state index in [1.165, 1.54) is 67.3 Å². The first-order valence-corrected chi connectivity index (χ1v) is 42.3. The summed E-state index contributed by atoms with van der Waals surface area (Å²) < 4.78 is 57.9. The van der Waals surface area contributed by atoms with E-state index in [0.29, 0.717) is 94.9 Å². The molecule has 8 fully saturated rings. The fraction of sp³-hybridized carbons (Fsp3) is 0.333. The molecule has 4 N–H and O–H groups in total. The second-order valence-corrected chi connectivity index (χ2v) is 34.1. The maximum absolute atomic E-state index is 14.5. The average molecular weight is 1670 g/mol. The van der Waals surface area contributed by atoms with Crippen molar-refractivity contribution < 1.29 is 36.7 Å². The molecule has 632 valence electrons. The Morgan fingerprint density at radius 1 is 0.315 bits per heavy atom. The zero-order valence-corrected chi connectivity index (χ0v) is 70.2. The van der Waals surface area contributed by atoms with Gasteiger partial charge in [-0.25, -0.2) is 42.5 Å². The highest BCUT2D eigenvalue weighted by atomic mass is 19.1. The number of aryl methyl sites for hydroxylation is 8. The van der Waals surface area contributed by atoms with E-state index in [1.54, 1.807) is 54.9 Å². The van der Waals surface area contributed by atoms with Crippen LogP contribution in [0, 0.1) is 102 Å². The average Bonchev–Trinajstić information content (AvgIpc) is 1.60. The Balaban J connectivity index is 0.000000117. The van der Waals surface area contributed by atoms with E-state index < -0.39 is 23.3 Å². The quantitative estimate of drug-likeness (QED) is 0.0654. The lowest BCUT2D eigenvalue weighted by atomic mass is 10.0. The van der Waals surface area contributed by atoms with Gasteiger partial charge >= 0.3 is 0 Å². The number of rotatable bonds is 16. The van der Waals surface area contributed by atoms with Crippen molar-refractivity contribution in [2.24, 2.45) is 23.7 Å². The number of amides is 4. The Bertz CT molecular complexity index is 5680. The molecule has 24 nitrogen and oxygen atoms in total. The van der Waals surface area contributed by atoms with Gasteiger partial charge in [0.1, 0.15) is 80.5 Å². The van der Waals surface area contributed by atoms with Gasteiger partial charge in [-0.2, -0.15) is 0 Å². The van der Waals surface area contributed by atoms with E-state index in [0.717, 1.165) is 108 Å². The maximum atomic E-state index is 14.5. The Kier molecular flexibility index (Phi) is 23.8. The second-order valence-electron chi connectivity index (χ2n) is 34.1. The summed E-state index contributed by atoms with van der Waals surface area (Å²) in [5.74, 6) is 2.60. The third-order valence-corrected chi connectivity index (χ3v) is 25.0. The molecule has 4 amide bonds. The predicted octanol–water partition coefficient (Wildman–Crippen LogP) is 16.0. The van der Waals surface area contributed by atoms with Crippen LogP contribution >= 0.6 is 0 Å². The summed E-state index contributed by atoms with van der Waals surface area (Å²) in [6.45, 7) is 18.2. The fourth-order valence-electron chi connectivity index (χ4n) is 19.2. The number of fused-ring (bicyclic) bond motifs is 8. The van der Waals surface area contributed by atoms with Gasteiger partial charge < -0.3 is 40.9 Å². The molecule has 4 aliphatic carbocycles. The lowest BCUT2D eigenvalue weighted by molar-refractivity contribution is 0.0679. The van der Waals surface area contributed by atoms with Gasteiger partial charge in [0.15, 0.2) is 11.6 Å². The molecular weight excluding hydrogens is 1570 g/mol. The van der Waals surface area contributed by atoms with E-state index in [4.69, 9.17) is 0 Å². The van der Waals surface area contributed by atoms with Crippen molar-refractivity contribution in [1.82, 2.24) is 79.4 Å². The van der Waals surface area contributed by atoms with Crippen LogP contribution in [-0.2, 0) is 0 Å². The predicted molar refractivity (Wildman–Crippen MR) is 464 cm³/mol. The summed E-state index contributed by atoms with van der Waals surface area (Å²) in [5, 5.41) is 14.0.